The zero-order valence-electron chi connectivity index (χ0n) is 9.92. The summed E-state index contributed by atoms with van der Waals surface area (Å²) in [5, 5.41) is 9.47. The largest absolute Gasteiger partial charge is 0.393 e. The molecular formula is C14H19NOS. The minimum atomic E-state index is -0.108. The maximum atomic E-state index is 9.47. The maximum absolute atomic E-state index is 9.47. The Labute approximate surface area is 108 Å². The van der Waals surface area contributed by atoms with Crippen molar-refractivity contribution >= 4 is 24.4 Å². The number of hydrogen-bond donors (Lipinski definition) is 2. The molecule has 0 aromatic heterocycles. The monoisotopic (exact) mass is 249 g/mol. The molecule has 0 unspecified atom stereocenters. The van der Waals surface area contributed by atoms with Gasteiger partial charge >= 0.3 is 0 Å². The van der Waals surface area contributed by atoms with E-state index >= 15 is 0 Å². The van der Waals surface area contributed by atoms with Crippen molar-refractivity contribution in [3.8, 4) is 0 Å². The predicted octanol–water partition coefficient (Wildman–Crippen LogP) is 2.59. The summed E-state index contributed by atoms with van der Waals surface area (Å²) < 4.78 is 0. The molecular weight excluding hydrogens is 230 g/mol. The van der Waals surface area contributed by atoms with E-state index in [1.165, 1.54) is 11.3 Å². The zero-order valence-corrected chi connectivity index (χ0v) is 10.8. The van der Waals surface area contributed by atoms with Gasteiger partial charge < -0.3 is 10.0 Å². The molecule has 1 aromatic carbocycles. The van der Waals surface area contributed by atoms with E-state index < -0.39 is 0 Å². The van der Waals surface area contributed by atoms with Gasteiger partial charge in [0, 0.05) is 24.5 Å². The first-order valence-corrected chi connectivity index (χ1v) is 6.73. The third-order valence-electron chi connectivity index (χ3n) is 3.14. The Morgan fingerprint density at radius 3 is 2.47 bits per heavy atom. The Kier molecular flexibility index (Phi) is 4.51. The molecule has 1 aliphatic rings. The Balaban J connectivity index is 2.00. The normalized spacial score (nSPS) is 17.9. The summed E-state index contributed by atoms with van der Waals surface area (Å²) >= 11 is 4.14. The van der Waals surface area contributed by atoms with Gasteiger partial charge in [-0.3, -0.25) is 0 Å². The summed E-state index contributed by atoms with van der Waals surface area (Å²) in [6.45, 7) is 1.90. The van der Waals surface area contributed by atoms with Crippen LogP contribution in [0.3, 0.4) is 0 Å². The smallest absolute Gasteiger partial charge is 0.0574 e. The van der Waals surface area contributed by atoms with Crippen molar-refractivity contribution < 1.29 is 5.11 Å². The van der Waals surface area contributed by atoms with Crippen LogP contribution in [0.25, 0.3) is 6.08 Å². The van der Waals surface area contributed by atoms with Crippen molar-refractivity contribution in [2.45, 2.75) is 18.9 Å². The molecule has 1 N–H and O–H groups in total. The molecule has 17 heavy (non-hydrogen) atoms. The summed E-state index contributed by atoms with van der Waals surface area (Å²) in [4.78, 5) is 2.33. The van der Waals surface area contributed by atoms with Gasteiger partial charge in [-0.25, -0.2) is 0 Å². The third kappa shape index (κ3) is 3.51. The first-order chi connectivity index (χ1) is 8.29. The summed E-state index contributed by atoms with van der Waals surface area (Å²) in [6.07, 6.45) is 5.76. The molecule has 0 aliphatic carbocycles. The van der Waals surface area contributed by atoms with Crippen LogP contribution < -0.4 is 4.90 Å². The molecule has 0 atom stereocenters. The molecule has 0 saturated carbocycles. The van der Waals surface area contributed by atoms with Crippen LogP contribution >= 0.6 is 12.6 Å². The molecule has 92 valence electrons. The Morgan fingerprint density at radius 1 is 1.24 bits per heavy atom. The van der Waals surface area contributed by atoms with E-state index in [0.717, 1.165) is 31.7 Å². The average molecular weight is 249 g/mol. The highest BCUT2D eigenvalue weighted by Crippen LogP contribution is 2.20. The zero-order chi connectivity index (χ0) is 12.1. The second-order valence-corrected chi connectivity index (χ2v) is 4.76. The molecule has 3 heteroatoms. The van der Waals surface area contributed by atoms with Gasteiger partial charge in [0.05, 0.1) is 6.10 Å². The van der Waals surface area contributed by atoms with Crippen LogP contribution in [0.15, 0.2) is 30.3 Å². The Hall–Kier alpha value is -0.930. The average Bonchev–Trinajstić information content (AvgIpc) is 2.38. The number of rotatable bonds is 3. The molecule has 2 nitrogen and oxygen atoms in total. The molecule has 0 bridgehead atoms. The molecule has 2 rings (SSSR count). The lowest BCUT2D eigenvalue weighted by Crippen LogP contribution is -2.35. The van der Waals surface area contributed by atoms with E-state index in [-0.39, 0.29) is 6.10 Å². The van der Waals surface area contributed by atoms with Crippen molar-refractivity contribution in [3.05, 3.63) is 35.9 Å². The van der Waals surface area contributed by atoms with Gasteiger partial charge in [0.25, 0.3) is 0 Å². The van der Waals surface area contributed by atoms with Crippen molar-refractivity contribution in [2.75, 3.05) is 23.7 Å². The van der Waals surface area contributed by atoms with Crippen molar-refractivity contribution in [1.82, 2.24) is 0 Å². The number of nitrogens with zero attached hydrogens (tertiary/aromatic N) is 1. The molecule has 1 saturated heterocycles. The van der Waals surface area contributed by atoms with E-state index in [1.54, 1.807) is 0 Å². The highest BCUT2D eigenvalue weighted by molar-refractivity contribution is 7.80. The number of aliphatic hydroxyl groups is 1. The fourth-order valence-corrected chi connectivity index (χ4v) is 2.21. The van der Waals surface area contributed by atoms with Gasteiger partial charge in [-0.1, -0.05) is 24.3 Å². The van der Waals surface area contributed by atoms with Crippen LogP contribution in [0.2, 0.25) is 0 Å². The minimum absolute atomic E-state index is 0.108. The molecule has 1 aliphatic heterocycles. The second kappa shape index (κ2) is 6.12. The van der Waals surface area contributed by atoms with E-state index in [9.17, 15) is 5.11 Å². The quantitative estimate of drug-likeness (QED) is 0.804. The second-order valence-electron chi connectivity index (χ2n) is 4.39. The van der Waals surface area contributed by atoms with Gasteiger partial charge in [-0.2, -0.15) is 12.6 Å². The van der Waals surface area contributed by atoms with Crippen LogP contribution in [0.1, 0.15) is 18.4 Å². The van der Waals surface area contributed by atoms with Crippen molar-refractivity contribution in [3.63, 3.8) is 0 Å². The maximum Gasteiger partial charge on any atom is 0.0574 e. The fourth-order valence-electron chi connectivity index (χ4n) is 2.11. The van der Waals surface area contributed by atoms with Crippen LogP contribution in [0.5, 0.6) is 0 Å². The molecule has 1 fully saturated rings. The summed E-state index contributed by atoms with van der Waals surface area (Å²) in [6, 6.07) is 8.55. The minimum Gasteiger partial charge on any atom is -0.393 e. The number of benzene rings is 1. The third-order valence-corrected chi connectivity index (χ3v) is 3.35. The van der Waals surface area contributed by atoms with Gasteiger partial charge in [-0.05, 0) is 30.5 Å². The van der Waals surface area contributed by atoms with E-state index in [0.29, 0.717) is 0 Å². The fraction of sp³-hybridized carbons (Fsp3) is 0.429. The lowest BCUT2D eigenvalue weighted by atomic mass is 10.1. The van der Waals surface area contributed by atoms with Crippen molar-refractivity contribution in [2.24, 2.45) is 0 Å². The van der Waals surface area contributed by atoms with E-state index in [4.69, 9.17) is 0 Å². The summed E-state index contributed by atoms with van der Waals surface area (Å²) in [5.41, 5.74) is 2.46. The number of anilines is 1. The van der Waals surface area contributed by atoms with Crippen LogP contribution in [-0.4, -0.2) is 30.1 Å². The SMILES string of the molecule is OC1CCN(c2ccc(C=CCS)cc2)CC1. The first kappa shape index (κ1) is 12.5. The number of aliphatic hydroxyl groups excluding tert-OH is 1. The molecule has 0 spiro atoms. The summed E-state index contributed by atoms with van der Waals surface area (Å²) in [5.74, 6) is 0.770. The highest BCUT2D eigenvalue weighted by atomic mass is 32.1. The standard InChI is InChI=1S/C14H19NOS/c16-14-7-9-15(10-8-14)13-5-3-12(4-6-13)2-1-11-17/h1-6,14,16-17H,7-11H2. The lowest BCUT2D eigenvalue weighted by Gasteiger charge is -2.31. The van der Waals surface area contributed by atoms with Gasteiger partial charge in [-0.15, -0.1) is 0 Å². The van der Waals surface area contributed by atoms with E-state index in [2.05, 4.69) is 47.9 Å². The number of hydrogen-bond acceptors (Lipinski definition) is 3. The number of thiol groups is 1. The van der Waals surface area contributed by atoms with Crippen molar-refractivity contribution in [1.29, 1.82) is 0 Å². The van der Waals surface area contributed by atoms with E-state index in [1.807, 2.05) is 6.08 Å². The highest BCUT2D eigenvalue weighted by Gasteiger charge is 2.16. The molecule has 0 radical (unpaired) electrons. The number of piperidine rings is 1. The Bertz CT molecular complexity index is 366. The first-order valence-electron chi connectivity index (χ1n) is 6.10. The molecule has 1 aromatic rings. The van der Waals surface area contributed by atoms with Crippen LogP contribution in [-0.2, 0) is 0 Å². The van der Waals surface area contributed by atoms with Crippen LogP contribution in [0.4, 0.5) is 5.69 Å². The van der Waals surface area contributed by atoms with Gasteiger partial charge in [0.1, 0.15) is 0 Å². The summed E-state index contributed by atoms with van der Waals surface area (Å²) in [7, 11) is 0. The van der Waals surface area contributed by atoms with Gasteiger partial charge in [0.2, 0.25) is 0 Å². The topological polar surface area (TPSA) is 23.5 Å². The molecule has 0 amide bonds. The Morgan fingerprint density at radius 2 is 1.88 bits per heavy atom. The lowest BCUT2D eigenvalue weighted by molar-refractivity contribution is 0.145. The molecule has 1 heterocycles. The predicted molar refractivity (Wildman–Crippen MR) is 76.8 cm³/mol. The van der Waals surface area contributed by atoms with Gasteiger partial charge in [0.15, 0.2) is 0 Å². The van der Waals surface area contributed by atoms with Crippen LogP contribution in [0, 0.1) is 0 Å².